The molecule has 132 valence electrons. The smallest absolute Gasteiger partial charge is 0.191 e. The Kier molecular flexibility index (Phi) is 11.9. The lowest BCUT2D eigenvalue weighted by Crippen LogP contribution is -2.42. The molecule has 0 radical (unpaired) electrons. The Balaban J connectivity index is 0.00000484. The van der Waals surface area contributed by atoms with Crippen molar-refractivity contribution < 1.29 is 4.74 Å². The highest BCUT2D eigenvalue weighted by Crippen LogP contribution is 2.17. The summed E-state index contributed by atoms with van der Waals surface area (Å²) in [5.41, 5.74) is 1.15. The number of para-hydroxylation sites is 1. The van der Waals surface area contributed by atoms with Crippen LogP contribution in [-0.2, 0) is 0 Å². The van der Waals surface area contributed by atoms with Crippen LogP contribution in [0.3, 0.4) is 0 Å². The molecule has 0 heterocycles. The summed E-state index contributed by atoms with van der Waals surface area (Å²) in [6.07, 6.45) is 1.16. The fraction of sp³-hybridized carbons (Fsp3) is 0.588. The van der Waals surface area contributed by atoms with Crippen molar-refractivity contribution in [1.29, 1.82) is 0 Å². The maximum atomic E-state index is 5.95. The highest BCUT2D eigenvalue weighted by molar-refractivity contribution is 14.0. The molecule has 1 rings (SSSR count). The van der Waals surface area contributed by atoms with Gasteiger partial charge in [0.2, 0.25) is 0 Å². The summed E-state index contributed by atoms with van der Waals surface area (Å²) in [5, 5.41) is 6.61. The predicted octanol–water partition coefficient (Wildman–Crippen LogP) is 2.50. The number of guanidine groups is 1. The number of hydrogen-bond acceptors (Lipinski definition) is 3. The standard InChI is InChI=1S/C17H30N4O.HI/c1-14-9-6-7-10-16(14)22-15(2)13-20-17(18-3)19-11-8-12-21(4)5;/h6-7,9-10,15H,8,11-13H2,1-5H3,(H2,18,19,20);1H. The van der Waals surface area contributed by atoms with Gasteiger partial charge in [0, 0.05) is 13.6 Å². The summed E-state index contributed by atoms with van der Waals surface area (Å²) >= 11 is 0. The van der Waals surface area contributed by atoms with Gasteiger partial charge >= 0.3 is 0 Å². The zero-order chi connectivity index (χ0) is 16.4. The van der Waals surface area contributed by atoms with Crippen LogP contribution in [0.4, 0.5) is 0 Å². The minimum absolute atomic E-state index is 0. The summed E-state index contributed by atoms with van der Waals surface area (Å²) in [6.45, 7) is 6.79. The Morgan fingerprint density at radius 3 is 2.57 bits per heavy atom. The van der Waals surface area contributed by atoms with Gasteiger partial charge in [0.25, 0.3) is 0 Å². The Morgan fingerprint density at radius 2 is 1.96 bits per heavy atom. The zero-order valence-electron chi connectivity index (χ0n) is 14.9. The molecular weight excluding hydrogens is 403 g/mol. The topological polar surface area (TPSA) is 48.9 Å². The summed E-state index contributed by atoms with van der Waals surface area (Å²) < 4.78 is 5.95. The molecule has 0 aliphatic carbocycles. The van der Waals surface area contributed by atoms with Gasteiger partial charge in [0.05, 0.1) is 6.54 Å². The number of hydrogen-bond donors (Lipinski definition) is 2. The molecule has 1 aromatic rings. The van der Waals surface area contributed by atoms with E-state index in [0.717, 1.165) is 36.8 Å². The quantitative estimate of drug-likeness (QED) is 0.286. The number of halogens is 1. The van der Waals surface area contributed by atoms with Crippen LogP contribution >= 0.6 is 24.0 Å². The van der Waals surface area contributed by atoms with E-state index in [0.29, 0.717) is 6.54 Å². The van der Waals surface area contributed by atoms with E-state index >= 15 is 0 Å². The van der Waals surface area contributed by atoms with Crippen LogP contribution in [0.2, 0.25) is 0 Å². The fourth-order valence-corrected chi connectivity index (χ4v) is 2.01. The van der Waals surface area contributed by atoms with E-state index in [2.05, 4.69) is 54.5 Å². The molecule has 0 spiro atoms. The minimum atomic E-state index is 0. The highest BCUT2D eigenvalue weighted by atomic mass is 127. The van der Waals surface area contributed by atoms with Gasteiger partial charge in [-0.3, -0.25) is 4.99 Å². The lowest BCUT2D eigenvalue weighted by atomic mass is 10.2. The van der Waals surface area contributed by atoms with E-state index in [9.17, 15) is 0 Å². The molecule has 0 amide bonds. The number of benzene rings is 1. The van der Waals surface area contributed by atoms with Crippen molar-refractivity contribution in [2.45, 2.75) is 26.4 Å². The van der Waals surface area contributed by atoms with E-state index in [1.807, 2.05) is 18.2 Å². The molecule has 6 heteroatoms. The molecule has 23 heavy (non-hydrogen) atoms. The van der Waals surface area contributed by atoms with Crippen LogP contribution in [0.5, 0.6) is 5.75 Å². The molecule has 0 aromatic heterocycles. The van der Waals surface area contributed by atoms with Crippen LogP contribution in [0.25, 0.3) is 0 Å². The minimum Gasteiger partial charge on any atom is -0.489 e. The molecule has 1 unspecified atom stereocenters. The van der Waals surface area contributed by atoms with Gasteiger partial charge in [-0.1, -0.05) is 18.2 Å². The third kappa shape index (κ3) is 9.65. The number of aliphatic imine (C=N–C) groups is 1. The van der Waals surface area contributed by atoms with Crippen LogP contribution in [0.15, 0.2) is 29.3 Å². The zero-order valence-corrected chi connectivity index (χ0v) is 17.3. The molecule has 1 aromatic carbocycles. The van der Waals surface area contributed by atoms with Gasteiger partial charge in [-0.05, 0) is 52.5 Å². The molecular formula is C17H31IN4O. The summed E-state index contributed by atoms with van der Waals surface area (Å²) in [6, 6.07) is 8.07. The molecule has 0 saturated heterocycles. The average Bonchev–Trinajstić information content (AvgIpc) is 2.48. The van der Waals surface area contributed by atoms with E-state index in [1.165, 1.54) is 0 Å². The first-order valence-electron chi connectivity index (χ1n) is 7.84. The van der Waals surface area contributed by atoms with Gasteiger partial charge in [0.15, 0.2) is 5.96 Å². The number of rotatable bonds is 8. The van der Waals surface area contributed by atoms with E-state index in [-0.39, 0.29) is 30.1 Å². The van der Waals surface area contributed by atoms with Crippen molar-refractivity contribution in [1.82, 2.24) is 15.5 Å². The second kappa shape index (κ2) is 12.4. The third-order valence-corrected chi connectivity index (χ3v) is 3.28. The first kappa shape index (κ1) is 22.0. The highest BCUT2D eigenvalue weighted by Gasteiger charge is 2.07. The first-order chi connectivity index (χ1) is 10.5. The molecule has 2 N–H and O–H groups in total. The summed E-state index contributed by atoms with van der Waals surface area (Å²) in [7, 11) is 5.95. The van der Waals surface area contributed by atoms with Crippen molar-refractivity contribution in [3.8, 4) is 5.75 Å². The van der Waals surface area contributed by atoms with Crippen molar-refractivity contribution >= 4 is 29.9 Å². The maximum absolute atomic E-state index is 5.95. The van der Waals surface area contributed by atoms with Gasteiger partial charge < -0.3 is 20.3 Å². The molecule has 0 saturated carbocycles. The van der Waals surface area contributed by atoms with E-state index in [1.54, 1.807) is 7.05 Å². The van der Waals surface area contributed by atoms with Gasteiger partial charge in [-0.15, -0.1) is 24.0 Å². The number of nitrogens with one attached hydrogen (secondary N) is 2. The maximum Gasteiger partial charge on any atom is 0.191 e. The van der Waals surface area contributed by atoms with Crippen LogP contribution in [0.1, 0.15) is 18.9 Å². The molecule has 5 nitrogen and oxygen atoms in total. The van der Waals surface area contributed by atoms with Crippen molar-refractivity contribution in [3.63, 3.8) is 0 Å². The van der Waals surface area contributed by atoms with Gasteiger partial charge in [0.1, 0.15) is 11.9 Å². The molecule has 0 bridgehead atoms. The second-order valence-electron chi connectivity index (χ2n) is 5.73. The Bertz CT molecular complexity index is 466. The Labute approximate surface area is 157 Å². The normalized spacial score (nSPS) is 12.5. The number of aryl methyl sites for hydroxylation is 1. The van der Waals surface area contributed by atoms with Gasteiger partial charge in [-0.25, -0.2) is 0 Å². The predicted molar refractivity (Wildman–Crippen MR) is 109 cm³/mol. The third-order valence-electron chi connectivity index (χ3n) is 3.28. The van der Waals surface area contributed by atoms with Crippen LogP contribution < -0.4 is 15.4 Å². The van der Waals surface area contributed by atoms with Gasteiger partial charge in [-0.2, -0.15) is 0 Å². The number of nitrogens with zero attached hydrogens (tertiary/aromatic N) is 2. The summed E-state index contributed by atoms with van der Waals surface area (Å²) in [5.74, 6) is 1.75. The molecule has 0 aliphatic heterocycles. The van der Waals surface area contributed by atoms with Crippen molar-refractivity contribution in [2.75, 3.05) is 40.8 Å². The van der Waals surface area contributed by atoms with Crippen molar-refractivity contribution in [2.24, 2.45) is 4.99 Å². The monoisotopic (exact) mass is 434 g/mol. The van der Waals surface area contributed by atoms with Crippen LogP contribution in [0, 0.1) is 6.92 Å². The lowest BCUT2D eigenvalue weighted by molar-refractivity contribution is 0.222. The molecule has 0 fully saturated rings. The average molecular weight is 434 g/mol. The first-order valence-corrected chi connectivity index (χ1v) is 7.84. The fourth-order valence-electron chi connectivity index (χ4n) is 2.01. The van der Waals surface area contributed by atoms with Crippen molar-refractivity contribution in [3.05, 3.63) is 29.8 Å². The van der Waals surface area contributed by atoms with E-state index in [4.69, 9.17) is 4.74 Å². The van der Waals surface area contributed by atoms with E-state index < -0.39 is 0 Å². The second-order valence-corrected chi connectivity index (χ2v) is 5.73. The number of ether oxygens (including phenoxy) is 1. The Morgan fingerprint density at radius 1 is 1.26 bits per heavy atom. The molecule has 0 aliphatic rings. The van der Waals surface area contributed by atoms with Crippen LogP contribution in [-0.4, -0.2) is 57.7 Å². The SMILES string of the molecule is CN=C(NCCCN(C)C)NCC(C)Oc1ccccc1C.I. The Hall–Kier alpha value is -1.02. The largest absolute Gasteiger partial charge is 0.489 e. The summed E-state index contributed by atoms with van der Waals surface area (Å²) in [4.78, 5) is 6.40. The lowest BCUT2D eigenvalue weighted by Gasteiger charge is -2.19. The molecule has 1 atom stereocenters.